The first kappa shape index (κ1) is 16.4. The molecular weight excluding hydrogens is 304 g/mol. The summed E-state index contributed by atoms with van der Waals surface area (Å²) >= 11 is 0. The maximum absolute atomic E-state index is 12.2. The van der Waals surface area contributed by atoms with Gasteiger partial charge in [-0.15, -0.1) is 0 Å². The third-order valence-corrected chi connectivity index (χ3v) is 4.08. The maximum atomic E-state index is 12.2. The molecule has 1 aromatic heterocycles. The molecule has 3 rings (SSSR count). The van der Waals surface area contributed by atoms with Gasteiger partial charge in [0.1, 0.15) is 5.60 Å². The summed E-state index contributed by atoms with van der Waals surface area (Å²) in [6.45, 7) is 8.35. The third kappa shape index (κ3) is 3.37. The zero-order valence-corrected chi connectivity index (χ0v) is 14.5. The Morgan fingerprint density at radius 2 is 1.88 bits per heavy atom. The summed E-state index contributed by atoms with van der Waals surface area (Å²) < 4.78 is 5.44. The van der Waals surface area contributed by atoms with Gasteiger partial charge in [-0.05, 0) is 45.0 Å². The van der Waals surface area contributed by atoms with Crippen LogP contribution in [0.4, 0.5) is 16.2 Å². The predicted octanol–water partition coefficient (Wildman–Crippen LogP) is 2.87. The summed E-state index contributed by atoms with van der Waals surface area (Å²) in [4.78, 5) is 20.4. The second-order valence-corrected chi connectivity index (χ2v) is 7.02. The van der Waals surface area contributed by atoms with E-state index in [9.17, 15) is 4.79 Å². The van der Waals surface area contributed by atoms with Crippen molar-refractivity contribution in [1.29, 1.82) is 0 Å². The summed E-state index contributed by atoms with van der Waals surface area (Å²) in [7, 11) is 0. The highest BCUT2D eigenvalue weighted by Crippen LogP contribution is 2.31. The molecule has 1 aliphatic heterocycles. The van der Waals surface area contributed by atoms with Gasteiger partial charge in [0.15, 0.2) is 0 Å². The molecule has 24 heavy (non-hydrogen) atoms. The molecule has 1 aliphatic rings. The van der Waals surface area contributed by atoms with Crippen molar-refractivity contribution in [3.05, 3.63) is 30.5 Å². The lowest BCUT2D eigenvalue weighted by Gasteiger charge is -2.37. The summed E-state index contributed by atoms with van der Waals surface area (Å²) in [5.74, 6) is 0. The van der Waals surface area contributed by atoms with E-state index < -0.39 is 5.60 Å². The maximum Gasteiger partial charge on any atom is 0.410 e. The highest BCUT2D eigenvalue weighted by molar-refractivity contribution is 5.97. The zero-order chi connectivity index (χ0) is 17.3. The second-order valence-electron chi connectivity index (χ2n) is 7.02. The number of nitrogen functional groups attached to an aromatic ring is 1. The summed E-state index contributed by atoms with van der Waals surface area (Å²) in [5, 5.41) is 0.963. The second kappa shape index (κ2) is 6.19. The average Bonchev–Trinajstić information content (AvgIpc) is 2.54. The fraction of sp³-hybridized carbons (Fsp3) is 0.444. The van der Waals surface area contributed by atoms with Crippen molar-refractivity contribution >= 4 is 28.4 Å². The van der Waals surface area contributed by atoms with Gasteiger partial charge in [0.2, 0.25) is 0 Å². The van der Waals surface area contributed by atoms with Gasteiger partial charge in [-0.25, -0.2) is 4.79 Å². The van der Waals surface area contributed by atoms with E-state index in [1.807, 2.05) is 45.0 Å². The van der Waals surface area contributed by atoms with Crippen molar-refractivity contribution < 1.29 is 9.53 Å². The van der Waals surface area contributed by atoms with Crippen LogP contribution < -0.4 is 10.6 Å². The van der Waals surface area contributed by atoms with Crippen molar-refractivity contribution in [3.8, 4) is 0 Å². The predicted molar refractivity (Wildman–Crippen MR) is 96.2 cm³/mol. The normalized spacial score (nSPS) is 15.6. The number of carbonyl (C=O) groups is 1. The lowest BCUT2D eigenvalue weighted by Crippen LogP contribution is -2.50. The van der Waals surface area contributed by atoms with Crippen molar-refractivity contribution in [1.82, 2.24) is 9.88 Å². The zero-order valence-electron chi connectivity index (χ0n) is 14.5. The lowest BCUT2D eigenvalue weighted by molar-refractivity contribution is 0.0240. The standard InChI is InChI=1S/C18H24N4O2/c1-18(2,3)24-17(23)22-11-9-21(10-12-22)15-7-6-14-13(16(15)19)5-4-8-20-14/h4-8H,9-12,19H2,1-3H3. The minimum atomic E-state index is -0.468. The molecule has 1 fully saturated rings. The van der Waals surface area contributed by atoms with Crippen LogP contribution in [0.2, 0.25) is 0 Å². The van der Waals surface area contributed by atoms with Crippen LogP contribution in [0.25, 0.3) is 10.9 Å². The van der Waals surface area contributed by atoms with E-state index in [-0.39, 0.29) is 6.09 Å². The number of rotatable bonds is 1. The van der Waals surface area contributed by atoms with Gasteiger partial charge >= 0.3 is 6.09 Å². The fourth-order valence-electron chi connectivity index (χ4n) is 2.90. The van der Waals surface area contributed by atoms with Crippen LogP contribution in [-0.2, 0) is 4.74 Å². The summed E-state index contributed by atoms with van der Waals surface area (Å²) in [6.07, 6.45) is 1.51. The topological polar surface area (TPSA) is 71.7 Å². The minimum Gasteiger partial charge on any atom is -0.444 e. The fourth-order valence-corrected chi connectivity index (χ4v) is 2.90. The Morgan fingerprint density at radius 3 is 2.54 bits per heavy atom. The van der Waals surface area contributed by atoms with Gasteiger partial charge in [0.05, 0.1) is 16.9 Å². The number of fused-ring (bicyclic) bond motifs is 1. The molecule has 1 amide bonds. The van der Waals surface area contributed by atoms with Crippen LogP contribution in [0.1, 0.15) is 20.8 Å². The van der Waals surface area contributed by atoms with E-state index in [0.717, 1.165) is 35.4 Å². The molecule has 2 aromatic rings. The molecule has 2 N–H and O–H groups in total. The van der Waals surface area contributed by atoms with Crippen LogP contribution in [0.3, 0.4) is 0 Å². The molecule has 1 aromatic carbocycles. The molecule has 1 saturated heterocycles. The number of ether oxygens (including phenoxy) is 1. The van der Waals surface area contributed by atoms with Crippen LogP contribution in [-0.4, -0.2) is 47.8 Å². The molecule has 0 bridgehead atoms. The number of anilines is 2. The summed E-state index contributed by atoms with van der Waals surface area (Å²) in [5.41, 5.74) is 8.51. The van der Waals surface area contributed by atoms with Crippen molar-refractivity contribution in [3.63, 3.8) is 0 Å². The smallest absolute Gasteiger partial charge is 0.410 e. The van der Waals surface area contributed by atoms with E-state index in [4.69, 9.17) is 10.5 Å². The average molecular weight is 328 g/mol. The molecule has 0 saturated carbocycles. The number of hydrogen-bond acceptors (Lipinski definition) is 5. The van der Waals surface area contributed by atoms with Gasteiger partial charge in [0, 0.05) is 37.8 Å². The van der Waals surface area contributed by atoms with Gasteiger partial charge in [-0.1, -0.05) is 0 Å². The number of carbonyl (C=O) groups excluding carboxylic acids is 1. The Labute approximate surface area is 142 Å². The van der Waals surface area contributed by atoms with E-state index >= 15 is 0 Å². The first-order valence-electron chi connectivity index (χ1n) is 8.21. The Hall–Kier alpha value is -2.50. The van der Waals surface area contributed by atoms with Crippen LogP contribution in [0.15, 0.2) is 30.5 Å². The van der Waals surface area contributed by atoms with Gasteiger partial charge in [-0.2, -0.15) is 0 Å². The van der Waals surface area contributed by atoms with Gasteiger partial charge in [0.25, 0.3) is 0 Å². The molecule has 0 spiro atoms. The SMILES string of the molecule is CC(C)(C)OC(=O)N1CCN(c2ccc3ncccc3c2N)CC1. The Balaban J connectivity index is 1.71. The van der Waals surface area contributed by atoms with E-state index in [0.29, 0.717) is 13.1 Å². The molecule has 6 nitrogen and oxygen atoms in total. The molecule has 128 valence electrons. The largest absolute Gasteiger partial charge is 0.444 e. The Morgan fingerprint density at radius 1 is 1.17 bits per heavy atom. The monoisotopic (exact) mass is 328 g/mol. The van der Waals surface area contributed by atoms with Gasteiger partial charge < -0.3 is 20.3 Å². The molecule has 2 heterocycles. The number of nitrogens with zero attached hydrogens (tertiary/aromatic N) is 3. The number of benzene rings is 1. The summed E-state index contributed by atoms with van der Waals surface area (Å²) in [6, 6.07) is 7.87. The Bertz CT molecular complexity index is 746. The van der Waals surface area contributed by atoms with E-state index in [1.54, 1.807) is 11.1 Å². The quantitative estimate of drug-likeness (QED) is 0.815. The molecule has 6 heteroatoms. The van der Waals surface area contributed by atoms with Gasteiger partial charge in [-0.3, -0.25) is 4.98 Å². The van der Waals surface area contributed by atoms with Crippen molar-refractivity contribution in [2.24, 2.45) is 0 Å². The number of amides is 1. The highest BCUT2D eigenvalue weighted by Gasteiger charge is 2.26. The molecule has 0 aliphatic carbocycles. The molecule has 0 atom stereocenters. The molecular formula is C18H24N4O2. The lowest BCUT2D eigenvalue weighted by atomic mass is 10.1. The first-order chi connectivity index (χ1) is 11.3. The number of nitrogens with two attached hydrogens (primary N) is 1. The van der Waals surface area contributed by atoms with E-state index in [1.165, 1.54) is 0 Å². The van der Waals surface area contributed by atoms with Crippen molar-refractivity contribution in [2.75, 3.05) is 36.8 Å². The Kier molecular flexibility index (Phi) is 4.22. The number of pyridine rings is 1. The van der Waals surface area contributed by atoms with Crippen molar-refractivity contribution in [2.45, 2.75) is 26.4 Å². The van der Waals surface area contributed by atoms with Crippen LogP contribution in [0.5, 0.6) is 0 Å². The van der Waals surface area contributed by atoms with E-state index in [2.05, 4.69) is 9.88 Å². The minimum absolute atomic E-state index is 0.252. The van der Waals surface area contributed by atoms with Crippen LogP contribution >= 0.6 is 0 Å². The number of piperazine rings is 1. The number of hydrogen-bond donors (Lipinski definition) is 1. The van der Waals surface area contributed by atoms with Crippen LogP contribution in [0, 0.1) is 0 Å². The third-order valence-electron chi connectivity index (χ3n) is 4.08. The highest BCUT2D eigenvalue weighted by atomic mass is 16.6. The molecule has 0 unspecified atom stereocenters. The molecule has 0 radical (unpaired) electrons. The number of aromatic nitrogens is 1. The first-order valence-corrected chi connectivity index (χ1v) is 8.21.